The van der Waals surface area contributed by atoms with Crippen molar-refractivity contribution < 1.29 is 9.47 Å². The Kier molecular flexibility index (Phi) is 3.40. The summed E-state index contributed by atoms with van der Waals surface area (Å²) in [6, 6.07) is 8.54. The second kappa shape index (κ2) is 4.92. The molecular formula is C17H24O2. The molecule has 0 saturated carbocycles. The topological polar surface area (TPSA) is 18.5 Å². The first-order valence-corrected chi connectivity index (χ1v) is 7.58. The van der Waals surface area contributed by atoms with Crippen LogP contribution in [0.1, 0.15) is 50.2 Å². The first-order chi connectivity index (χ1) is 9.24. The molecule has 1 aromatic carbocycles. The third kappa shape index (κ3) is 1.85. The standard InChI is InChI=1S/C17H24O2/c1-3-4-9-16-10-12-18-17(16,19-13-11-16)15-8-6-5-7-14(15)2/h5-8H,3-4,9-13H2,1-2H3. The highest BCUT2D eigenvalue weighted by Gasteiger charge is 2.61. The summed E-state index contributed by atoms with van der Waals surface area (Å²) in [5, 5.41) is 0. The maximum atomic E-state index is 6.21. The van der Waals surface area contributed by atoms with Crippen LogP contribution in [-0.4, -0.2) is 13.2 Å². The lowest BCUT2D eigenvalue weighted by Gasteiger charge is -2.39. The van der Waals surface area contributed by atoms with E-state index >= 15 is 0 Å². The molecule has 104 valence electrons. The maximum Gasteiger partial charge on any atom is 0.201 e. The molecule has 3 rings (SSSR count). The van der Waals surface area contributed by atoms with Crippen molar-refractivity contribution in [1.29, 1.82) is 0 Å². The lowest BCUT2D eigenvalue weighted by molar-refractivity contribution is -0.229. The van der Waals surface area contributed by atoms with E-state index in [0.29, 0.717) is 0 Å². The molecule has 19 heavy (non-hydrogen) atoms. The van der Waals surface area contributed by atoms with E-state index in [0.717, 1.165) is 26.1 Å². The van der Waals surface area contributed by atoms with Crippen molar-refractivity contribution in [1.82, 2.24) is 0 Å². The third-order valence-corrected chi connectivity index (χ3v) is 4.98. The predicted molar refractivity (Wildman–Crippen MR) is 76.0 cm³/mol. The summed E-state index contributed by atoms with van der Waals surface area (Å²) < 4.78 is 12.4. The zero-order chi connectivity index (χ0) is 13.3. The van der Waals surface area contributed by atoms with Gasteiger partial charge in [0.25, 0.3) is 0 Å². The van der Waals surface area contributed by atoms with E-state index in [4.69, 9.17) is 9.47 Å². The smallest absolute Gasteiger partial charge is 0.201 e. The first kappa shape index (κ1) is 13.1. The number of benzene rings is 1. The molecule has 0 N–H and O–H groups in total. The SMILES string of the molecule is CCCCC12CCOC1(c1ccccc1C)OCC2. The van der Waals surface area contributed by atoms with Gasteiger partial charge in [0.1, 0.15) is 0 Å². The van der Waals surface area contributed by atoms with Gasteiger partial charge in [0.05, 0.1) is 13.2 Å². The van der Waals surface area contributed by atoms with Crippen LogP contribution in [0.15, 0.2) is 24.3 Å². The molecule has 0 atom stereocenters. The highest BCUT2D eigenvalue weighted by molar-refractivity contribution is 5.33. The van der Waals surface area contributed by atoms with Gasteiger partial charge >= 0.3 is 0 Å². The van der Waals surface area contributed by atoms with Gasteiger partial charge in [-0.1, -0.05) is 44.0 Å². The van der Waals surface area contributed by atoms with Crippen LogP contribution in [0, 0.1) is 12.3 Å². The molecule has 0 amide bonds. The normalized spacial score (nSPS) is 33.6. The Labute approximate surface area is 116 Å². The molecule has 2 aliphatic rings. The highest BCUT2D eigenvalue weighted by Crippen LogP contribution is 2.60. The van der Waals surface area contributed by atoms with E-state index in [2.05, 4.69) is 38.1 Å². The van der Waals surface area contributed by atoms with Crippen molar-refractivity contribution in [2.75, 3.05) is 13.2 Å². The van der Waals surface area contributed by atoms with Crippen molar-refractivity contribution in [3.05, 3.63) is 35.4 Å². The van der Waals surface area contributed by atoms with Gasteiger partial charge in [-0.15, -0.1) is 0 Å². The fraction of sp³-hybridized carbons (Fsp3) is 0.647. The van der Waals surface area contributed by atoms with Gasteiger partial charge in [-0.25, -0.2) is 0 Å². The van der Waals surface area contributed by atoms with Crippen LogP contribution in [0.25, 0.3) is 0 Å². The Balaban J connectivity index is 2.03. The van der Waals surface area contributed by atoms with Crippen molar-refractivity contribution >= 4 is 0 Å². The molecular weight excluding hydrogens is 236 g/mol. The van der Waals surface area contributed by atoms with Gasteiger partial charge in [0, 0.05) is 11.0 Å². The molecule has 0 bridgehead atoms. The lowest BCUT2D eigenvalue weighted by Crippen LogP contribution is -2.39. The summed E-state index contributed by atoms with van der Waals surface area (Å²) in [6.45, 7) is 6.09. The van der Waals surface area contributed by atoms with E-state index in [1.54, 1.807) is 0 Å². The number of aryl methyl sites for hydroxylation is 1. The summed E-state index contributed by atoms with van der Waals surface area (Å²) in [5.74, 6) is -0.465. The number of hydrogen-bond donors (Lipinski definition) is 0. The molecule has 2 heteroatoms. The summed E-state index contributed by atoms with van der Waals surface area (Å²) in [5.41, 5.74) is 2.74. The molecule has 0 aliphatic carbocycles. The minimum absolute atomic E-state index is 0.203. The van der Waals surface area contributed by atoms with E-state index in [9.17, 15) is 0 Å². The average molecular weight is 260 g/mol. The zero-order valence-corrected chi connectivity index (χ0v) is 12.1. The van der Waals surface area contributed by atoms with Crippen molar-refractivity contribution in [2.45, 2.75) is 51.7 Å². The van der Waals surface area contributed by atoms with Crippen LogP contribution in [0.4, 0.5) is 0 Å². The fourth-order valence-corrected chi connectivity index (χ4v) is 3.90. The number of unbranched alkanes of at least 4 members (excludes halogenated alkanes) is 1. The Morgan fingerprint density at radius 2 is 1.79 bits per heavy atom. The molecule has 0 radical (unpaired) electrons. The van der Waals surface area contributed by atoms with Gasteiger partial charge in [-0.2, -0.15) is 0 Å². The summed E-state index contributed by atoms with van der Waals surface area (Å²) >= 11 is 0. The second-order valence-electron chi connectivity index (χ2n) is 6.01. The molecule has 2 aliphatic heterocycles. The summed E-state index contributed by atoms with van der Waals surface area (Å²) in [6.07, 6.45) is 6.01. The average Bonchev–Trinajstić information content (AvgIpc) is 2.92. The quantitative estimate of drug-likeness (QED) is 0.809. The fourth-order valence-electron chi connectivity index (χ4n) is 3.90. The van der Waals surface area contributed by atoms with E-state index in [-0.39, 0.29) is 5.41 Å². The van der Waals surface area contributed by atoms with E-state index in [1.807, 2.05) is 0 Å². The Morgan fingerprint density at radius 3 is 2.42 bits per heavy atom. The Bertz CT molecular complexity index is 442. The van der Waals surface area contributed by atoms with Gasteiger partial charge in [-0.05, 0) is 31.7 Å². The maximum absolute atomic E-state index is 6.21. The first-order valence-electron chi connectivity index (χ1n) is 7.58. The third-order valence-electron chi connectivity index (χ3n) is 4.98. The highest BCUT2D eigenvalue weighted by atomic mass is 16.7. The van der Waals surface area contributed by atoms with Crippen LogP contribution >= 0.6 is 0 Å². The molecule has 0 spiro atoms. The minimum atomic E-state index is -0.465. The number of fused-ring (bicyclic) bond motifs is 1. The number of ether oxygens (including phenoxy) is 2. The summed E-state index contributed by atoms with van der Waals surface area (Å²) in [4.78, 5) is 0. The van der Waals surface area contributed by atoms with Gasteiger partial charge in [0.2, 0.25) is 5.79 Å². The Morgan fingerprint density at radius 1 is 1.11 bits per heavy atom. The Hall–Kier alpha value is -0.860. The molecule has 2 saturated heterocycles. The molecule has 0 unspecified atom stereocenters. The monoisotopic (exact) mass is 260 g/mol. The van der Waals surface area contributed by atoms with Crippen molar-refractivity contribution in [2.24, 2.45) is 5.41 Å². The van der Waals surface area contributed by atoms with Gasteiger partial charge in [-0.3, -0.25) is 0 Å². The number of hydrogen-bond acceptors (Lipinski definition) is 2. The molecule has 2 fully saturated rings. The van der Waals surface area contributed by atoms with Crippen molar-refractivity contribution in [3.8, 4) is 0 Å². The lowest BCUT2D eigenvalue weighted by atomic mass is 9.70. The molecule has 2 heterocycles. The van der Waals surface area contributed by atoms with Crippen LogP contribution in [0.5, 0.6) is 0 Å². The summed E-state index contributed by atoms with van der Waals surface area (Å²) in [7, 11) is 0. The second-order valence-corrected chi connectivity index (χ2v) is 6.01. The van der Waals surface area contributed by atoms with E-state index < -0.39 is 5.79 Å². The van der Waals surface area contributed by atoms with Crippen LogP contribution in [0.2, 0.25) is 0 Å². The molecule has 1 aromatic rings. The van der Waals surface area contributed by atoms with Crippen LogP contribution in [-0.2, 0) is 15.3 Å². The predicted octanol–water partition coefficient (Wildman–Crippen LogP) is 4.17. The molecule has 2 nitrogen and oxygen atoms in total. The van der Waals surface area contributed by atoms with Crippen LogP contribution in [0.3, 0.4) is 0 Å². The van der Waals surface area contributed by atoms with Gasteiger partial charge in [0.15, 0.2) is 0 Å². The minimum Gasteiger partial charge on any atom is -0.345 e. The van der Waals surface area contributed by atoms with E-state index in [1.165, 1.54) is 30.4 Å². The van der Waals surface area contributed by atoms with Crippen LogP contribution < -0.4 is 0 Å². The van der Waals surface area contributed by atoms with Gasteiger partial charge < -0.3 is 9.47 Å². The number of rotatable bonds is 4. The molecule has 0 aromatic heterocycles. The largest absolute Gasteiger partial charge is 0.345 e. The zero-order valence-electron chi connectivity index (χ0n) is 12.1. The van der Waals surface area contributed by atoms with Crippen molar-refractivity contribution in [3.63, 3.8) is 0 Å².